The van der Waals surface area contributed by atoms with Crippen molar-refractivity contribution in [3.05, 3.63) is 51.8 Å². The first-order chi connectivity index (χ1) is 8.56. The van der Waals surface area contributed by atoms with Gasteiger partial charge in [0.15, 0.2) is 0 Å². The minimum Gasteiger partial charge on any atom is -0.273 e. The fourth-order valence-electron chi connectivity index (χ4n) is 1.93. The standard InChI is InChI=1S/C14H15BrN2O/c1-10-8-11(2)17(16-10)14(18)7-6-12-4-3-5-13(15)9-12/h3-5,8-9H,6-7H2,1-2H3. The molecular formula is C14H15BrN2O. The minimum atomic E-state index is 0.0422. The van der Waals surface area contributed by atoms with Crippen LogP contribution in [0.25, 0.3) is 0 Å². The molecule has 1 aromatic carbocycles. The van der Waals surface area contributed by atoms with Crippen LogP contribution in [0.2, 0.25) is 0 Å². The summed E-state index contributed by atoms with van der Waals surface area (Å²) in [7, 11) is 0. The van der Waals surface area contributed by atoms with Crippen LogP contribution in [-0.4, -0.2) is 15.7 Å². The lowest BCUT2D eigenvalue weighted by molar-refractivity contribution is 0.0884. The van der Waals surface area contributed by atoms with Crippen molar-refractivity contribution in [3.63, 3.8) is 0 Å². The molecule has 0 atom stereocenters. The summed E-state index contributed by atoms with van der Waals surface area (Å²) in [6, 6.07) is 9.93. The van der Waals surface area contributed by atoms with Gasteiger partial charge in [-0.15, -0.1) is 0 Å². The fourth-order valence-corrected chi connectivity index (χ4v) is 2.38. The molecule has 2 rings (SSSR count). The van der Waals surface area contributed by atoms with Crippen molar-refractivity contribution < 1.29 is 4.79 Å². The number of hydrogen-bond acceptors (Lipinski definition) is 2. The van der Waals surface area contributed by atoms with Crippen molar-refractivity contribution in [1.82, 2.24) is 9.78 Å². The van der Waals surface area contributed by atoms with E-state index in [4.69, 9.17) is 0 Å². The van der Waals surface area contributed by atoms with Gasteiger partial charge in [-0.3, -0.25) is 4.79 Å². The molecule has 1 aromatic heterocycles. The van der Waals surface area contributed by atoms with E-state index in [9.17, 15) is 4.79 Å². The Bertz CT molecular complexity index is 575. The molecule has 3 nitrogen and oxygen atoms in total. The highest BCUT2D eigenvalue weighted by Gasteiger charge is 2.10. The van der Waals surface area contributed by atoms with E-state index in [1.165, 1.54) is 4.68 Å². The molecule has 2 aromatic rings. The second kappa shape index (κ2) is 5.48. The van der Waals surface area contributed by atoms with Crippen LogP contribution < -0.4 is 0 Å². The van der Waals surface area contributed by atoms with Gasteiger partial charge in [-0.05, 0) is 44.0 Å². The average molecular weight is 307 g/mol. The maximum Gasteiger partial charge on any atom is 0.247 e. The first kappa shape index (κ1) is 13.0. The highest BCUT2D eigenvalue weighted by molar-refractivity contribution is 9.10. The van der Waals surface area contributed by atoms with E-state index in [0.29, 0.717) is 6.42 Å². The first-order valence-electron chi connectivity index (χ1n) is 5.87. The largest absolute Gasteiger partial charge is 0.273 e. The molecule has 0 aliphatic heterocycles. The van der Waals surface area contributed by atoms with Crippen LogP contribution in [0.4, 0.5) is 0 Å². The Morgan fingerprint density at radius 3 is 2.72 bits per heavy atom. The summed E-state index contributed by atoms with van der Waals surface area (Å²) in [5.41, 5.74) is 2.93. The molecule has 0 spiro atoms. The second-order valence-electron chi connectivity index (χ2n) is 4.36. The van der Waals surface area contributed by atoms with Crippen molar-refractivity contribution in [2.45, 2.75) is 26.7 Å². The maximum atomic E-state index is 12.0. The van der Waals surface area contributed by atoms with E-state index in [2.05, 4.69) is 21.0 Å². The summed E-state index contributed by atoms with van der Waals surface area (Å²) >= 11 is 3.43. The first-order valence-corrected chi connectivity index (χ1v) is 6.66. The molecule has 0 saturated heterocycles. The highest BCUT2D eigenvalue weighted by Crippen LogP contribution is 2.13. The highest BCUT2D eigenvalue weighted by atomic mass is 79.9. The number of benzene rings is 1. The normalized spacial score (nSPS) is 10.6. The van der Waals surface area contributed by atoms with Gasteiger partial charge in [0.25, 0.3) is 0 Å². The number of nitrogens with zero attached hydrogens (tertiary/aromatic N) is 2. The van der Waals surface area contributed by atoms with E-state index >= 15 is 0 Å². The number of aryl methyl sites for hydroxylation is 3. The lowest BCUT2D eigenvalue weighted by Crippen LogP contribution is -2.14. The van der Waals surface area contributed by atoms with Crippen LogP contribution in [0, 0.1) is 13.8 Å². The average Bonchev–Trinajstić information content (AvgIpc) is 2.66. The van der Waals surface area contributed by atoms with E-state index in [1.54, 1.807) is 0 Å². The quantitative estimate of drug-likeness (QED) is 0.869. The van der Waals surface area contributed by atoms with Gasteiger partial charge in [-0.2, -0.15) is 5.10 Å². The van der Waals surface area contributed by atoms with Gasteiger partial charge in [0.2, 0.25) is 5.91 Å². The third kappa shape index (κ3) is 3.07. The molecule has 18 heavy (non-hydrogen) atoms. The number of halogens is 1. The number of carbonyl (C=O) groups excluding carboxylic acids is 1. The van der Waals surface area contributed by atoms with Crippen molar-refractivity contribution in [1.29, 1.82) is 0 Å². The van der Waals surface area contributed by atoms with Crippen LogP contribution in [0.1, 0.15) is 28.2 Å². The molecule has 4 heteroatoms. The molecule has 0 saturated carbocycles. The summed E-state index contributed by atoms with van der Waals surface area (Å²) in [5.74, 6) is 0.0422. The molecule has 1 heterocycles. The maximum absolute atomic E-state index is 12.0. The second-order valence-corrected chi connectivity index (χ2v) is 5.28. The Morgan fingerprint density at radius 2 is 2.11 bits per heavy atom. The zero-order valence-corrected chi connectivity index (χ0v) is 12.1. The lowest BCUT2D eigenvalue weighted by atomic mass is 10.1. The topological polar surface area (TPSA) is 34.9 Å². The predicted octanol–water partition coefficient (Wildman–Crippen LogP) is 3.54. The zero-order chi connectivity index (χ0) is 13.1. The molecule has 0 radical (unpaired) electrons. The number of aromatic nitrogens is 2. The van der Waals surface area contributed by atoms with Crippen molar-refractivity contribution in [2.24, 2.45) is 0 Å². The van der Waals surface area contributed by atoms with Crippen molar-refractivity contribution >= 4 is 21.8 Å². The third-order valence-electron chi connectivity index (χ3n) is 2.76. The Hall–Kier alpha value is -1.42. The van der Waals surface area contributed by atoms with E-state index in [1.807, 2.05) is 44.2 Å². The molecule has 0 unspecified atom stereocenters. The van der Waals surface area contributed by atoms with Crippen LogP contribution in [-0.2, 0) is 6.42 Å². The van der Waals surface area contributed by atoms with Gasteiger partial charge < -0.3 is 0 Å². The van der Waals surface area contributed by atoms with Crippen LogP contribution in [0.15, 0.2) is 34.8 Å². The summed E-state index contributed by atoms with van der Waals surface area (Å²) < 4.78 is 2.53. The van der Waals surface area contributed by atoms with E-state index in [0.717, 1.165) is 27.8 Å². The number of rotatable bonds is 3. The van der Waals surface area contributed by atoms with Gasteiger partial charge in [0, 0.05) is 16.6 Å². The Morgan fingerprint density at radius 1 is 1.33 bits per heavy atom. The fraction of sp³-hybridized carbons (Fsp3) is 0.286. The van der Waals surface area contributed by atoms with E-state index < -0.39 is 0 Å². The Balaban J connectivity index is 2.03. The molecular weight excluding hydrogens is 292 g/mol. The Kier molecular flexibility index (Phi) is 3.97. The predicted molar refractivity (Wildman–Crippen MR) is 74.8 cm³/mol. The van der Waals surface area contributed by atoms with Gasteiger partial charge in [0.1, 0.15) is 0 Å². The van der Waals surface area contributed by atoms with Gasteiger partial charge in [-0.25, -0.2) is 4.68 Å². The number of carbonyl (C=O) groups is 1. The molecule has 0 aliphatic rings. The van der Waals surface area contributed by atoms with E-state index in [-0.39, 0.29) is 5.91 Å². The zero-order valence-electron chi connectivity index (χ0n) is 10.5. The van der Waals surface area contributed by atoms with Gasteiger partial charge >= 0.3 is 0 Å². The van der Waals surface area contributed by atoms with Crippen LogP contribution in [0.5, 0.6) is 0 Å². The Labute approximate surface area is 115 Å². The molecule has 0 aliphatic carbocycles. The lowest BCUT2D eigenvalue weighted by Gasteiger charge is -2.04. The molecule has 0 bridgehead atoms. The van der Waals surface area contributed by atoms with Crippen LogP contribution in [0.3, 0.4) is 0 Å². The molecule has 0 N–H and O–H groups in total. The van der Waals surface area contributed by atoms with Crippen LogP contribution >= 0.6 is 15.9 Å². The molecule has 94 valence electrons. The van der Waals surface area contributed by atoms with Gasteiger partial charge in [0.05, 0.1) is 5.69 Å². The molecule has 0 amide bonds. The van der Waals surface area contributed by atoms with Crippen molar-refractivity contribution in [2.75, 3.05) is 0 Å². The van der Waals surface area contributed by atoms with Crippen molar-refractivity contribution in [3.8, 4) is 0 Å². The summed E-state index contributed by atoms with van der Waals surface area (Å²) in [4.78, 5) is 12.0. The van der Waals surface area contributed by atoms with Gasteiger partial charge in [-0.1, -0.05) is 28.1 Å². The number of hydrogen-bond donors (Lipinski definition) is 0. The SMILES string of the molecule is Cc1cc(C)n(C(=O)CCc2cccc(Br)c2)n1. The minimum absolute atomic E-state index is 0.0422. The smallest absolute Gasteiger partial charge is 0.247 e. The summed E-state index contributed by atoms with van der Waals surface area (Å²) in [6.07, 6.45) is 1.20. The third-order valence-corrected chi connectivity index (χ3v) is 3.26. The summed E-state index contributed by atoms with van der Waals surface area (Å²) in [5, 5.41) is 4.20. The molecule has 0 fully saturated rings. The monoisotopic (exact) mass is 306 g/mol. The summed E-state index contributed by atoms with van der Waals surface area (Å²) in [6.45, 7) is 3.79.